The number of aromatic amines is 1. The largest absolute Gasteiger partial charge is 0.497 e. The lowest BCUT2D eigenvalue weighted by atomic mass is 9.99. The fourth-order valence-electron chi connectivity index (χ4n) is 3.46. The smallest absolute Gasteiger partial charge is 0.436 e. The molecule has 0 saturated carbocycles. The van der Waals surface area contributed by atoms with Crippen molar-refractivity contribution >= 4 is 33.2 Å². The molecule has 0 aliphatic heterocycles. The van der Waals surface area contributed by atoms with Crippen LogP contribution in [-0.2, 0) is 6.18 Å². The van der Waals surface area contributed by atoms with Crippen LogP contribution < -0.4 is 15.0 Å². The lowest BCUT2D eigenvalue weighted by Crippen LogP contribution is -2.25. The minimum Gasteiger partial charge on any atom is -0.497 e. The molecule has 11 heteroatoms. The Morgan fingerprint density at radius 3 is 2.45 bits per heavy atom. The first-order valence-corrected chi connectivity index (χ1v) is 11.0. The molecule has 2 heterocycles. The van der Waals surface area contributed by atoms with E-state index < -0.39 is 23.1 Å². The number of benzene rings is 2. The van der Waals surface area contributed by atoms with Crippen molar-refractivity contribution in [3.8, 4) is 11.6 Å². The van der Waals surface area contributed by atoms with Crippen molar-refractivity contribution in [3.63, 3.8) is 0 Å². The molecule has 0 spiro atoms. The van der Waals surface area contributed by atoms with Gasteiger partial charge in [-0.25, -0.2) is 9.06 Å². The molecule has 6 nitrogen and oxygen atoms in total. The molecule has 1 N–H and O–H groups in total. The van der Waals surface area contributed by atoms with Crippen LogP contribution in [0.3, 0.4) is 0 Å². The highest BCUT2D eigenvalue weighted by molar-refractivity contribution is 7.14. The van der Waals surface area contributed by atoms with Gasteiger partial charge in [-0.3, -0.25) is 4.79 Å². The fraction of sp³-hybridized carbons (Fsp3) is 0.273. The summed E-state index contributed by atoms with van der Waals surface area (Å²) < 4.78 is 52.7. The summed E-state index contributed by atoms with van der Waals surface area (Å²) in [7, 11) is 1.54. The Morgan fingerprint density at radius 2 is 1.88 bits per heavy atom. The van der Waals surface area contributed by atoms with E-state index in [4.69, 9.17) is 21.1 Å². The molecular weight excluding hydrogens is 479 g/mol. The van der Waals surface area contributed by atoms with Crippen LogP contribution in [0.1, 0.15) is 42.8 Å². The number of rotatable bonds is 6. The maximum Gasteiger partial charge on any atom is 0.436 e. The van der Waals surface area contributed by atoms with Crippen LogP contribution in [0, 0.1) is 0 Å². The molecular formula is C22H19ClF3N3O3S. The van der Waals surface area contributed by atoms with Gasteiger partial charge in [0.1, 0.15) is 10.8 Å². The average Bonchev–Trinajstić information content (AvgIpc) is 3.31. The Hall–Kier alpha value is -2.98. The molecule has 174 valence electrons. The van der Waals surface area contributed by atoms with E-state index in [1.807, 2.05) is 19.9 Å². The lowest BCUT2D eigenvalue weighted by Gasteiger charge is -2.18. The first kappa shape index (κ1) is 23.2. The highest BCUT2D eigenvalue weighted by Gasteiger charge is 2.39. The van der Waals surface area contributed by atoms with Crippen LogP contribution in [-0.4, -0.2) is 21.3 Å². The Labute approximate surface area is 195 Å². The van der Waals surface area contributed by atoms with Gasteiger partial charge in [0.15, 0.2) is 5.69 Å². The topological polar surface area (TPSA) is 69.1 Å². The summed E-state index contributed by atoms with van der Waals surface area (Å²) in [6, 6.07) is 12.2. The van der Waals surface area contributed by atoms with Crippen LogP contribution in [0.4, 0.5) is 13.2 Å². The Balaban J connectivity index is 1.90. The normalized spacial score (nSPS) is 13.0. The van der Waals surface area contributed by atoms with Gasteiger partial charge in [-0.05, 0) is 23.6 Å². The molecule has 1 atom stereocenters. The van der Waals surface area contributed by atoms with Gasteiger partial charge in [-0.15, -0.1) is 0 Å². The van der Waals surface area contributed by atoms with Crippen molar-refractivity contribution in [3.05, 3.63) is 74.7 Å². The second kappa shape index (κ2) is 8.75. The number of alkyl halides is 3. The van der Waals surface area contributed by atoms with Crippen molar-refractivity contribution in [2.75, 3.05) is 7.11 Å². The standard InChI is InChI=1S/C22H19ClF3N3O3S/c1-11(2)14-9-13(31-3)10-15-16(14)20(30)29(33-15)21(12-7-5-4-6-8-12)32-19-17(23)18(27-28-19)22(24,25)26/h4-11,21H,1-3H3,(H,27,28). The molecule has 33 heavy (non-hydrogen) atoms. The second-order valence-corrected chi connectivity index (χ2v) is 8.95. The first-order valence-electron chi connectivity index (χ1n) is 9.88. The maximum absolute atomic E-state index is 13.5. The van der Waals surface area contributed by atoms with E-state index >= 15 is 0 Å². The van der Waals surface area contributed by atoms with Crippen molar-refractivity contribution in [1.29, 1.82) is 0 Å². The second-order valence-electron chi connectivity index (χ2n) is 7.56. The van der Waals surface area contributed by atoms with E-state index in [1.165, 1.54) is 3.96 Å². The van der Waals surface area contributed by atoms with Crippen LogP contribution in [0.15, 0.2) is 47.3 Å². The van der Waals surface area contributed by atoms with Gasteiger partial charge >= 0.3 is 6.18 Å². The van der Waals surface area contributed by atoms with Crippen LogP contribution >= 0.6 is 23.1 Å². The Morgan fingerprint density at radius 1 is 1.18 bits per heavy atom. The number of halogens is 4. The third kappa shape index (κ3) is 4.32. The third-order valence-corrected chi connectivity index (χ3v) is 6.47. The van der Waals surface area contributed by atoms with Gasteiger partial charge in [0.05, 0.1) is 17.2 Å². The molecule has 0 amide bonds. The number of methoxy groups -OCH3 is 1. The molecule has 0 radical (unpaired) electrons. The predicted molar refractivity (Wildman–Crippen MR) is 121 cm³/mol. The van der Waals surface area contributed by atoms with E-state index in [-0.39, 0.29) is 17.4 Å². The van der Waals surface area contributed by atoms with Gasteiger partial charge in [0, 0.05) is 5.56 Å². The number of hydrogen-bond acceptors (Lipinski definition) is 5. The van der Waals surface area contributed by atoms with Gasteiger partial charge < -0.3 is 9.47 Å². The molecule has 0 fully saturated rings. The number of nitrogens with one attached hydrogen (secondary N) is 1. The summed E-state index contributed by atoms with van der Waals surface area (Å²) in [6.07, 6.45) is -5.84. The zero-order valence-electron chi connectivity index (χ0n) is 17.7. The minimum atomic E-state index is -4.76. The number of nitrogens with zero attached hydrogens (tertiary/aromatic N) is 2. The zero-order chi connectivity index (χ0) is 23.9. The molecule has 0 aliphatic rings. The van der Waals surface area contributed by atoms with Gasteiger partial charge in [0.25, 0.3) is 5.56 Å². The molecule has 0 bridgehead atoms. The molecule has 0 aliphatic carbocycles. The van der Waals surface area contributed by atoms with Crippen LogP contribution in [0.5, 0.6) is 11.6 Å². The zero-order valence-corrected chi connectivity index (χ0v) is 19.3. The van der Waals surface area contributed by atoms with E-state index in [2.05, 4.69) is 10.2 Å². The SMILES string of the molecule is COc1cc(C(C)C)c2c(=O)n(C(Oc3[nH]nc(C(F)(F)F)c3Cl)c3ccccc3)sc2c1. The monoisotopic (exact) mass is 497 g/mol. The number of fused-ring (bicyclic) bond motifs is 1. The minimum absolute atomic E-state index is 0.0332. The lowest BCUT2D eigenvalue weighted by molar-refractivity contribution is -0.141. The number of ether oxygens (including phenoxy) is 2. The molecule has 4 aromatic rings. The van der Waals surface area contributed by atoms with E-state index in [0.717, 1.165) is 17.1 Å². The van der Waals surface area contributed by atoms with Crippen molar-refractivity contribution < 1.29 is 22.6 Å². The third-order valence-electron chi connectivity index (χ3n) is 5.05. The van der Waals surface area contributed by atoms with Crippen molar-refractivity contribution in [2.45, 2.75) is 32.2 Å². The molecule has 1 unspecified atom stereocenters. The van der Waals surface area contributed by atoms with E-state index in [0.29, 0.717) is 21.4 Å². The highest BCUT2D eigenvalue weighted by atomic mass is 35.5. The Kier molecular flexibility index (Phi) is 6.15. The van der Waals surface area contributed by atoms with Gasteiger partial charge in [-0.1, -0.05) is 67.3 Å². The summed E-state index contributed by atoms with van der Waals surface area (Å²) in [6.45, 7) is 3.92. The van der Waals surface area contributed by atoms with Crippen LogP contribution in [0.25, 0.3) is 10.1 Å². The molecule has 2 aromatic carbocycles. The molecule has 2 aromatic heterocycles. The van der Waals surface area contributed by atoms with E-state index in [1.54, 1.807) is 43.5 Å². The van der Waals surface area contributed by atoms with Crippen molar-refractivity contribution in [1.82, 2.24) is 14.2 Å². The van der Waals surface area contributed by atoms with Crippen LogP contribution in [0.2, 0.25) is 5.02 Å². The van der Waals surface area contributed by atoms with Crippen molar-refractivity contribution in [2.24, 2.45) is 0 Å². The predicted octanol–water partition coefficient (Wildman–Crippen LogP) is 6.22. The summed E-state index contributed by atoms with van der Waals surface area (Å²) >= 11 is 7.04. The summed E-state index contributed by atoms with van der Waals surface area (Å²) in [5.74, 6) is 0.248. The fourth-order valence-corrected chi connectivity index (χ4v) is 4.80. The summed E-state index contributed by atoms with van der Waals surface area (Å²) in [4.78, 5) is 13.5. The molecule has 4 rings (SSSR count). The Bertz CT molecular complexity index is 1350. The maximum atomic E-state index is 13.5. The number of H-pyrrole nitrogens is 1. The number of aromatic nitrogens is 3. The quantitative estimate of drug-likeness (QED) is 0.343. The van der Waals surface area contributed by atoms with Gasteiger partial charge in [-0.2, -0.15) is 18.3 Å². The highest BCUT2D eigenvalue weighted by Crippen LogP contribution is 2.39. The van der Waals surface area contributed by atoms with Gasteiger partial charge in [0.2, 0.25) is 12.1 Å². The summed E-state index contributed by atoms with van der Waals surface area (Å²) in [5, 5.41) is 5.24. The average molecular weight is 498 g/mol. The van der Waals surface area contributed by atoms with E-state index in [9.17, 15) is 18.0 Å². The number of hydrogen-bond donors (Lipinski definition) is 1. The summed E-state index contributed by atoms with van der Waals surface area (Å²) in [5.41, 5.74) is -0.276. The first-order chi connectivity index (χ1) is 15.6. The molecule has 0 saturated heterocycles.